The molecule has 1 amide bonds. The van der Waals surface area contributed by atoms with E-state index in [4.69, 9.17) is 5.73 Å². The van der Waals surface area contributed by atoms with E-state index in [0.717, 1.165) is 5.56 Å². The molecule has 0 spiro atoms. The van der Waals surface area contributed by atoms with Crippen molar-refractivity contribution >= 4 is 11.6 Å². The first-order valence-electron chi connectivity index (χ1n) is 6.24. The second-order valence-electron chi connectivity index (χ2n) is 4.35. The van der Waals surface area contributed by atoms with Gasteiger partial charge in [-0.05, 0) is 24.1 Å². The van der Waals surface area contributed by atoms with Crippen molar-refractivity contribution in [3.05, 3.63) is 60.4 Å². The number of hydrogen-bond acceptors (Lipinski definition) is 3. The van der Waals surface area contributed by atoms with E-state index in [1.165, 1.54) is 0 Å². The first-order valence-corrected chi connectivity index (χ1v) is 6.24. The zero-order valence-corrected chi connectivity index (χ0v) is 10.6. The van der Waals surface area contributed by atoms with Crippen LogP contribution < -0.4 is 11.1 Å². The lowest BCUT2D eigenvalue weighted by Crippen LogP contribution is -2.31. The number of rotatable bonds is 5. The van der Waals surface area contributed by atoms with Crippen molar-refractivity contribution in [3.8, 4) is 0 Å². The number of aromatic nitrogens is 1. The van der Waals surface area contributed by atoms with Crippen molar-refractivity contribution in [2.24, 2.45) is 11.7 Å². The van der Waals surface area contributed by atoms with Gasteiger partial charge in [-0.15, -0.1) is 0 Å². The van der Waals surface area contributed by atoms with Crippen molar-refractivity contribution in [1.29, 1.82) is 0 Å². The van der Waals surface area contributed by atoms with Crippen LogP contribution in [0.5, 0.6) is 0 Å². The van der Waals surface area contributed by atoms with Gasteiger partial charge < -0.3 is 11.1 Å². The summed E-state index contributed by atoms with van der Waals surface area (Å²) in [6, 6.07) is 13.5. The van der Waals surface area contributed by atoms with Gasteiger partial charge in [0.2, 0.25) is 5.91 Å². The molecule has 4 heteroatoms. The monoisotopic (exact) mass is 255 g/mol. The topological polar surface area (TPSA) is 68.0 Å². The van der Waals surface area contributed by atoms with Crippen molar-refractivity contribution in [2.45, 2.75) is 6.42 Å². The number of carbonyl (C=O) groups is 1. The first-order chi connectivity index (χ1) is 9.29. The minimum Gasteiger partial charge on any atom is -0.330 e. The molecule has 0 bridgehead atoms. The fourth-order valence-corrected chi connectivity index (χ4v) is 1.86. The summed E-state index contributed by atoms with van der Waals surface area (Å²) < 4.78 is 0. The third kappa shape index (κ3) is 3.89. The van der Waals surface area contributed by atoms with E-state index in [-0.39, 0.29) is 11.8 Å². The molecule has 4 nitrogen and oxygen atoms in total. The lowest BCUT2D eigenvalue weighted by Gasteiger charge is -2.14. The molecular formula is C15H17N3O. The summed E-state index contributed by atoms with van der Waals surface area (Å²) in [6.07, 6.45) is 3.93. The quantitative estimate of drug-likeness (QED) is 0.856. The van der Waals surface area contributed by atoms with Gasteiger partial charge in [-0.3, -0.25) is 9.78 Å². The third-order valence-corrected chi connectivity index (χ3v) is 2.91. The smallest absolute Gasteiger partial charge is 0.229 e. The molecule has 1 aromatic carbocycles. The van der Waals surface area contributed by atoms with Crippen LogP contribution in [0.2, 0.25) is 0 Å². The Kier molecular flexibility index (Phi) is 4.64. The molecular weight excluding hydrogens is 238 g/mol. The van der Waals surface area contributed by atoms with Gasteiger partial charge in [-0.2, -0.15) is 0 Å². The summed E-state index contributed by atoms with van der Waals surface area (Å²) >= 11 is 0. The number of nitrogens with zero attached hydrogens (tertiary/aromatic N) is 1. The number of pyridine rings is 1. The van der Waals surface area contributed by atoms with Gasteiger partial charge >= 0.3 is 0 Å². The summed E-state index contributed by atoms with van der Waals surface area (Å²) in [5, 5.41) is 2.83. The van der Waals surface area contributed by atoms with Crippen LogP contribution in [0, 0.1) is 5.92 Å². The van der Waals surface area contributed by atoms with E-state index in [2.05, 4.69) is 10.3 Å². The second kappa shape index (κ2) is 6.66. The second-order valence-corrected chi connectivity index (χ2v) is 4.35. The van der Waals surface area contributed by atoms with Crippen LogP contribution in [0.25, 0.3) is 0 Å². The molecule has 3 N–H and O–H groups in total. The SMILES string of the molecule is NCC(Cc1ccccc1)C(=O)Nc1cccnc1. The zero-order chi connectivity index (χ0) is 13.5. The third-order valence-electron chi connectivity index (χ3n) is 2.91. The highest BCUT2D eigenvalue weighted by molar-refractivity contribution is 5.92. The standard InChI is InChI=1S/C15H17N3O/c16-10-13(9-12-5-2-1-3-6-12)15(19)18-14-7-4-8-17-11-14/h1-8,11,13H,9-10,16H2,(H,18,19). The molecule has 0 radical (unpaired) electrons. The molecule has 1 unspecified atom stereocenters. The van der Waals surface area contributed by atoms with Gasteiger partial charge in [0.15, 0.2) is 0 Å². The Labute approximate surface area is 112 Å². The molecule has 19 heavy (non-hydrogen) atoms. The van der Waals surface area contributed by atoms with E-state index in [1.54, 1.807) is 24.5 Å². The van der Waals surface area contributed by atoms with Crippen LogP contribution in [0.15, 0.2) is 54.9 Å². The number of benzene rings is 1. The van der Waals surface area contributed by atoms with Crippen LogP contribution in [0.3, 0.4) is 0 Å². The average Bonchev–Trinajstić information content (AvgIpc) is 2.47. The van der Waals surface area contributed by atoms with Crippen LogP contribution in [-0.4, -0.2) is 17.4 Å². The summed E-state index contributed by atoms with van der Waals surface area (Å²) in [6.45, 7) is 0.320. The van der Waals surface area contributed by atoms with Crippen LogP contribution >= 0.6 is 0 Å². The molecule has 1 atom stereocenters. The Hall–Kier alpha value is -2.20. The molecule has 2 rings (SSSR count). The van der Waals surface area contributed by atoms with E-state index in [1.807, 2.05) is 30.3 Å². The summed E-state index contributed by atoms with van der Waals surface area (Å²) in [5.74, 6) is -0.304. The van der Waals surface area contributed by atoms with Gasteiger partial charge in [0.05, 0.1) is 17.8 Å². The molecule has 0 saturated heterocycles. The van der Waals surface area contributed by atoms with E-state index >= 15 is 0 Å². The van der Waals surface area contributed by atoms with E-state index in [0.29, 0.717) is 18.7 Å². The van der Waals surface area contributed by atoms with Gasteiger partial charge in [0.25, 0.3) is 0 Å². The Morgan fingerprint density at radius 2 is 2.00 bits per heavy atom. The van der Waals surface area contributed by atoms with E-state index < -0.39 is 0 Å². The van der Waals surface area contributed by atoms with Crippen LogP contribution in [0.1, 0.15) is 5.56 Å². The molecule has 2 aromatic rings. The Bertz CT molecular complexity index is 513. The predicted molar refractivity (Wildman–Crippen MR) is 75.6 cm³/mol. The Balaban J connectivity index is 2.00. The summed E-state index contributed by atoms with van der Waals surface area (Å²) in [5.41, 5.74) is 7.50. The number of carbonyl (C=O) groups excluding carboxylic acids is 1. The fourth-order valence-electron chi connectivity index (χ4n) is 1.86. The summed E-state index contributed by atoms with van der Waals surface area (Å²) in [7, 11) is 0. The predicted octanol–water partition coefficient (Wildman–Crippen LogP) is 1.84. The number of hydrogen-bond donors (Lipinski definition) is 2. The molecule has 0 aliphatic rings. The van der Waals surface area contributed by atoms with Crippen molar-refractivity contribution in [3.63, 3.8) is 0 Å². The summed E-state index contributed by atoms with van der Waals surface area (Å²) in [4.78, 5) is 16.1. The molecule has 98 valence electrons. The van der Waals surface area contributed by atoms with Crippen molar-refractivity contribution < 1.29 is 4.79 Å². The first kappa shape index (κ1) is 13.2. The molecule has 1 heterocycles. The Morgan fingerprint density at radius 1 is 1.21 bits per heavy atom. The number of nitrogens with one attached hydrogen (secondary N) is 1. The minimum atomic E-state index is -0.234. The maximum absolute atomic E-state index is 12.1. The molecule has 1 aromatic heterocycles. The van der Waals surface area contributed by atoms with Crippen LogP contribution in [0.4, 0.5) is 5.69 Å². The highest BCUT2D eigenvalue weighted by Crippen LogP contribution is 2.11. The van der Waals surface area contributed by atoms with Gasteiger partial charge in [-0.25, -0.2) is 0 Å². The Morgan fingerprint density at radius 3 is 2.63 bits per heavy atom. The maximum Gasteiger partial charge on any atom is 0.229 e. The highest BCUT2D eigenvalue weighted by atomic mass is 16.1. The highest BCUT2D eigenvalue weighted by Gasteiger charge is 2.17. The number of anilines is 1. The molecule has 0 aliphatic carbocycles. The van der Waals surface area contributed by atoms with Crippen molar-refractivity contribution in [2.75, 3.05) is 11.9 Å². The lowest BCUT2D eigenvalue weighted by molar-refractivity contribution is -0.119. The number of nitrogens with two attached hydrogens (primary N) is 1. The lowest BCUT2D eigenvalue weighted by atomic mass is 9.98. The zero-order valence-electron chi connectivity index (χ0n) is 10.6. The fraction of sp³-hybridized carbons (Fsp3) is 0.200. The minimum absolute atomic E-state index is 0.0700. The normalized spacial score (nSPS) is 11.8. The van der Waals surface area contributed by atoms with Crippen molar-refractivity contribution in [1.82, 2.24) is 4.98 Å². The molecule has 0 fully saturated rings. The van der Waals surface area contributed by atoms with Gasteiger partial charge in [-0.1, -0.05) is 30.3 Å². The largest absolute Gasteiger partial charge is 0.330 e. The van der Waals surface area contributed by atoms with Gasteiger partial charge in [0, 0.05) is 12.7 Å². The van der Waals surface area contributed by atoms with E-state index in [9.17, 15) is 4.79 Å². The van der Waals surface area contributed by atoms with Gasteiger partial charge in [0.1, 0.15) is 0 Å². The van der Waals surface area contributed by atoms with Crippen LogP contribution in [-0.2, 0) is 11.2 Å². The average molecular weight is 255 g/mol. The maximum atomic E-state index is 12.1. The number of amides is 1. The molecule has 0 aliphatic heterocycles. The molecule has 0 saturated carbocycles.